The maximum Gasteiger partial charge on any atom is 0.256 e. The summed E-state index contributed by atoms with van der Waals surface area (Å²) in [4.78, 5) is 11.7. The quantitative estimate of drug-likeness (QED) is 0.721. The number of hydrogen-bond acceptors (Lipinski definition) is 5. The van der Waals surface area contributed by atoms with Gasteiger partial charge in [-0.1, -0.05) is 0 Å². The number of aromatic nitrogens is 4. The number of imidazole rings is 1. The predicted octanol–water partition coefficient (Wildman–Crippen LogP) is 2.70. The predicted molar refractivity (Wildman–Crippen MR) is 75.4 cm³/mol. The lowest BCUT2D eigenvalue weighted by molar-refractivity contribution is 0.128. The fourth-order valence-corrected chi connectivity index (χ4v) is 2.09. The normalized spacial score (nSPS) is 11.3. The lowest BCUT2D eigenvalue weighted by Crippen LogP contribution is -2.08. The summed E-state index contributed by atoms with van der Waals surface area (Å²) in [6.45, 7) is -0.610. The highest BCUT2D eigenvalue weighted by Gasteiger charge is 2.15. The van der Waals surface area contributed by atoms with E-state index in [4.69, 9.17) is 5.73 Å². The van der Waals surface area contributed by atoms with E-state index in [1.54, 1.807) is 0 Å². The van der Waals surface area contributed by atoms with Gasteiger partial charge in [0, 0.05) is 11.8 Å². The van der Waals surface area contributed by atoms with Crippen molar-refractivity contribution in [2.75, 3.05) is 11.1 Å². The molecular formula is C13H10F4N6. The summed E-state index contributed by atoms with van der Waals surface area (Å²) in [5, 5.41) is 2.66. The van der Waals surface area contributed by atoms with Crippen LogP contribution in [0.1, 0.15) is 0 Å². The molecule has 3 N–H and O–H groups in total. The largest absolute Gasteiger partial charge is 0.368 e. The molecule has 10 heteroatoms. The van der Waals surface area contributed by atoms with Crippen molar-refractivity contribution in [2.45, 2.75) is 13.0 Å². The van der Waals surface area contributed by atoms with Crippen LogP contribution >= 0.6 is 0 Å². The Labute approximate surface area is 127 Å². The first-order chi connectivity index (χ1) is 10.9. The Morgan fingerprint density at radius 3 is 2.48 bits per heavy atom. The summed E-state index contributed by atoms with van der Waals surface area (Å²) in [7, 11) is 0. The Morgan fingerprint density at radius 1 is 1.13 bits per heavy atom. The number of alkyl halides is 2. The number of nitrogens with two attached hydrogens (primary N) is 1. The molecule has 0 aliphatic carbocycles. The second kappa shape index (κ2) is 5.71. The van der Waals surface area contributed by atoms with Crippen molar-refractivity contribution in [1.29, 1.82) is 0 Å². The van der Waals surface area contributed by atoms with Gasteiger partial charge in [-0.05, 0) is 12.1 Å². The lowest BCUT2D eigenvalue weighted by Gasteiger charge is -2.08. The van der Waals surface area contributed by atoms with Crippen molar-refractivity contribution in [3.63, 3.8) is 0 Å². The molecule has 0 saturated carbocycles. The van der Waals surface area contributed by atoms with Crippen molar-refractivity contribution in [2.24, 2.45) is 0 Å². The highest BCUT2D eigenvalue weighted by molar-refractivity contribution is 5.86. The van der Waals surface area contributed by atoms with E-state index >= 15 is 0 Å². The van der Waals surface area contributed by atoms with Gasteiger partial charge in [-0.2, -0.15) is 9.97 Å². The minimum absolute atomic E-state index is 0.0607. The first kappa shape index (κ1) is 15.0. The molecule has 0 aliphatic rings. The van der Waals surface area contributed by atoms with Crippen LogP contribution in [-0.2, 0) is 6.54 Å². The van der Waals surface area contributed by atoms with E-state index in [2.05, 4.69) is 20.3 Å². The SMILES string of the molecule is Nc1nc(Nc2cc(F)cc(F)c2)c2ncn(CC(F)F)c2n1. The van der Waals surface area contributed by atoms with Crippen LogP contribution in [0.2, 0.25) is 0 Å². The Hall–Kier alpha value is -2.91. The summed E-state index contributed by atoms with van der Waals surface area (Å²) >= 11 is 0. The van der Waals surface area contributed by atoms with Crippen LogP contribution in [0.25, 0.3) is 11.2 Å². The minimum Gasteiger partial charge on any atom is -0.368 e. The van der Waals surface area contributed by atoms with Crippen molar-refractivity contribution < 1.29 is 17.6 Å². The van der Waals surface area contributed by atoms with Gasteiger partial charge >= 0.3 is 0 Å². The summed E-state index contributed by atoms with van der Waals surface area (Å²) in [6, 6.07) is 2.80. The first-order valence-corrected chi connectivity index (χ1v) is 6.42. The molecule has 0 bridgehead atoms. The van der Waals surface area contributed by atoms with Crippen LogP contribution < -0.4 is 11.1 Å². The smallest absolute Gasteiger partial charge is 0.256 e. The van der Waals surface area contributed by atoms with Gasteiger partial charge in [0.2, 0.25) is 5.95 Å². The fourth-order valence-electron chi connectivity index (χ4n) is 2.09. The van der Waals surface area contributed by atoms with E-state index in [-0.39, 0.29) is 28.6 Å². The molecule has 1 aromatic carbocycles. The summed E-state index contributed by atoms with van der Waals surface area (Å²) in [5.41, 5.74) is 5.88. The molecule has 0 radical (unpaired) electrons. The number of benzene rings is 1. The van der Waals surface area contributed by atoms with E-state index < -0.39 is 24.6 Å². The van der Waals surface area contributed by atoms with Crippen LogP contribution in [0.3, 0.4) is 0 Å². The molecule has 2 aromatic heterocycles. The number of rotatable bonds is 4. The number of anilines is 3. The van der Waals surface area contributed by atoms with Crippen LogP contribution in [0.5, 0.6) is 0 Å². The van der Waals surface area contributed by atoms with Gasteiger partial charge in [-0.25, -0.2) is 22.5 Å². The molecule has 0 aliphatic heterocycles. The van der Waals surface area contributed by atoms with Gasteiger partial charge in [-0.3, -0.25) is 0 Å². The van der Waals surface area contributed by atoms with Gasteiger partial charge in [0.15, 0.2) is 17.0 Å². The average molecular weight is 326 g/mol. The molecular weight excluding hydrogens is 316 g/mol. The monoisotopic (exact) mass is 326 g/mol. The molecule has 0 amide bonds. The standard InChI is InChI=1S/C13H10F4N6/c14-6-1-7(15)3-8(2-6)20-11-10-12(22-13(18)21-11)23(5-19-10)4-9(16)17/h1-3,5,9H,4H2,(H3,18,20,21,22). The van der Waals surface area contributed by atoms with Gasteiger partial charge in [0.05, 0.1) is 12.9 Å². The third kappa shape index (κ3) is 3.15. The number of hydrogen-bond donors (Lipinski definition) is 2. The highest BCUT2D eigenvalue weighted by Crippen LogP contribution is 2.24. The minimum atomic E-state index is -2.60. The molecule has 0 atom stereocenters. The maximum absolute atomic E-state index is 13.2. The van der Waals surface area contributed by atoms with Crippen molar-refractivity contribution in [1.82, 2.24) is 19.5 Å². The number of halogens is 4. The van der Waals surface area contributed by atoms with E-state index in [1.165, 1.54) is 6.33 Å². The maximum atomic E-state index is 13.2. The van der Waals surface area contributed by atoms with Crippen molar-refractivity contribution >= 4 is 28.6 Å². The first-order valence-electron chi connectivity index (χ1n) is 6.42. The fraction of sp³-hybridized carbons (Fsp3) is 0.154. The highest BCUT2D eigenvalue weighted by atomic mass is 19.3. The number of nitrogen functional groups attached to an aromatic ring is 1. The van der Waals surface area contributed by atoms with E-state index in [0.29, 0.717) is 6.07 Å². The van der Waals surface area contributed by atoms with Crippen LogP contribution in [-0.4, -0.2) is 25.9 Å². The van der Waals surface area contributed by atoms with Crippen LogP contribution in [0.4, 0.5) is 35.0 Å². The molecule has 6 nitrogen and oxygen atoms in total. The lowest BCUT2D eigenvalue weighted by atomic mass is 10.3. The van der Waals surface area contributed by atoms with E-state index in [1.807, 2.05) is 0 Å². The molecule has 0 fully saturated rings. The molecule has 120 valence electrons. The van der Waals surface area contributed by atoms with Crippen molar-refractivity contribution in [3.8, 4) is 0 Å². The average Bonchev–Trinajstić information content (AvgIpc) is 2.80. The van der Waals surface area contributed by atoms with Crippen LogP contribution in [0.15, 0.2) is 24.5 Å². The molecule has 2 heterocycles. The summed E-state index contributed by atoms with van der Waals surface area (Å²) in [6.07, 6.45) is -1.43. The molecule has 0 unspecified atom stereocenters. The molecule has 0 saturated heterocycles. The Morgan fingerprint density at radius 2 is 1.83 bits per heavy atom. The zero-order chi connectivity index (χ0) is 16.6. The molecule has 3 rings (SSSR count). The zero-order valence-corrected chi connectivity index (χ0v) is 11.5. The van der Waals surface area contributed by atoms with Gasteiger partial charge in [-0.15, -0.1) is 0 Å². The second-order valence-corrected chi connectivity index (χ2v) is 4.67. The topological polar surface area (TPSA) is 81.6 Å². The van der Waals surface area contributed by atoms with E-state index in [0.717, 1.165) is 16.7 Å². The third-order valence-electron chi connectivity index (χ3n) is 2.94. The Kier molecular flexibility index (Phi) is 3.72. The molecule has 3 aromatic rings. The third-order valence-corrected chi connectivity index (χ3v) is 2.94. The molecule has 0 spiro atoms. The second-order valence-electron chi connectivity index (χ2n) is 4.67. The zero-order valence-electron chi connectivity index (χ0n) is 11.5. The summed E-state index contributed by atoms with van der Waals surface area (Å²) < 4.78 is 52.7. The van der Waals surface area contributed by atoms with Gasteiger partial charge < -0.3 is 15.6 Å². The van der Waals surface area contributed by atoms with Crippen LogP contribution in [0, 0.1) is 11.6 Å². The Balaban J connectivity index is 2.05. The van der Waals surface area contributed by atoms with E-state index in [9.17, 15) is 17.6 Å². The summed E-state index contributed by atoms with van der Waals surface area (Å²) in [5.74, 6) is -1.69. The Bertz CT molecular complexity index is 843. The molecule has 23 heavy (non-hydrogen) atoms. The van der Waals surface area contributed by atoms with Crippen molar-refractivity contribution in [3.05, 3.63) is 36.2 Å². The van der Waals surface area contributed by atoms with Gasteiger partial charge in [0.1, 0.15) is 11.6 Å². The number of nitrogens with zero attached hydrogens (tertiary/aromatic N) is 4. The number of fused-ring (bicyclic) bond motifs is 1. The number of nitrogens with one attached hydrogen (secondary N) is 1. The van der Waals surface area contributed by atoms with Gasteiger partial charge in [0.25, 0.3) is 6.43 Å².